The van der Waals surface area contributed by atoms with Gasteiger partial charge in [-0.15, -0.1) is 0 Å². The van der Waals surface area contributed by atoms with E-state index in [1.807, 2.05) is 57.8 Å². The zero-order valence-electron chi connectivity index (χ0n) is 20.6. The van der Waals surface area contributed by atoms with Crippen LogP contribution in [0.5, 0.6) is 0 Å². The van der Waals surface area contributed by atoms with Crippen molar-refractivity contribution in [2.24, 2.45) is 0 Å². The number of rotatable bonds is 14. The third kappa shape index (κ3) is 6.72. The van der Waals surface area contributed by atoms with Crippen molar-refractivity contribution < 1.29 is 9.90 Å². The van der Waals surface area contributed by atoms with Crippen molar-refractivity contribution in [3.05, 3.63) is 82.0 Å². The topological polar surface area (TPSA) is 64.2 Å². The van der Waals surface area contributed by atoms with Gasteiger partial charge in [0.2, 0.25) is 0 Å². The predicted octanol–water partition coefficient (Wildman–Crippen LogP) is 6.77. The number of aromatic nitrogens is 2. The highest BCUT2D eigenvalue weighted by Crippen LogP contribution is 2.25. The molecule has 0 radical (unpaired) electrons. The summed E-state index contributed by atoms with van der Waals surface area (Å²) in [7, 11) is 0. The van der Waals surface area contributed by atoms with Gasteiger partial charge in [-0.2, -0.15) is 0 Å². The summed E-state index contributed by atoms with van der Waals surface area (Å²) in [5.41, 5.74) is 3.71. The minimum absolute atomic E-state index is 0.00556. The molecule has 0 saturated heterocycles. The largest absolute Gasteiger partial charge is 0.478 e. The Labute approximate surface area is 203 Å². The molecule has 0 atom stereocenters. The summed E-state index contributed by atoms with van der Waals surface area (Å²) in [5.74, 6) is -0.957. The molecular formula is C29H38N2O3. The van der Waals surface area contributed by atoms with Crippen LogP contribution >= 0.6 is 0 Å². The first-order chi connectivity index (χ1) is 16.5. The maximum absolute atomic E-state index is 13.3. The molecule has 1 aromatic heterocycles. The lowest BCUT2D eigenvalue weighted by atomic mass is 9.97. The molecule has 3 rings (SSSR count). The van der Waals surface area contributed by atoms with E-state index in [2.05, 4.69) is 13.8 Å². The SMILES string of the molecule is CCCCCCc1cn(CCCCCC)c(=O)n1Cc1ccc(-c2ccccc2)c(C(=O)O)c1. The number of carbonyl (C=O) groups is 1. The molecule has 182 valence electrons. The van der Waals surface area contributed by atoms with Gasteiger partial charge in [0.1, 0.15) is 0 Å². The van der Waals surface area contributed by atoms with E-state index in [1.54, 1.807) is 6.07 Å². The Morgan fingerprint density at radius 3 is 2.26 bits per heavy atom. The minimum atomic E-state index is -0.957. The van der Waals surface area contributed by atoms with Crippen LogP contribution in [0.15, 0.2) is 59.5 Å². The predicted molar refractivity (Wildman–Crippen MR) is 139 cm³/mol. The maximum Gasteiger partial charge on any atom is 0.336 e. The fraction of sp³-hybridized carbons (Fsp3) is 0.448. The lowest BCUT2D eigenvalue weighted by Crippen LogP contribution is -2.26. The first kappa shape index (κ1) is 25.5. The van der Waals surface area contributed by atoms with Gasteiger partial charge in [-0.05, 0) is 42.0 Å². The summed E-state index contributed by atoms with van der Waals surface area (Å²) in [6, 6.07) is 15.1. The van der Waals surface area contributed by atoms with E-state index < -0.39 is 5.97 Å². The van der Waals surface area contributed by atoms with Gasteiger partial charge >= 0.3 is 11.7 Å². The number of carboxylic acid groups (broad SMARTS) is 1. The second-order valence-corrected chi connectivity index (χ2v) is 9.10. The van der Waals surface area contributed by atoms with Gasteiger partial charge in [-0.1, -0.05) is 94.8 Å². The summed E-state index contributed by atoms with van der Waals surface area (Å²) in [4.78, 5) is 25.3. The molecule has 5 nitrogen and oxygen atoms in total. The first-order valence-corrected chi connectivity index (χ1v) is 12.8. The number of benzene rings is 2. The zero-order chi connectivity index (χ0) is 24.3. The Morgan fingerprint density at radius 2 is 1.59 bits per heavy atom. The van der Waals surface area contributed by atoms with E-state index in [9.17, 15) is 14.7 Å². The Bertz CT molecular complexity index is 1110. The molecule has 0 unspecified atom stereocenters. The molecule has 1 N–H and O–H groups in total. The highest BCUT2D eigenvalue weighted by Gasteiger charge is 2.16. The van der Waals surface area contributed by atoms with Crippen LogP contribution in [0.4, 0.5) is 0 Å². The number of aromatic carboxylic acids is 1. The normalized spacial score (nSPS) is 11.1. The summed E-state index contributed by atoms with van der Waals surface area (Å²) >= 11 is 0. The second kappa shape index (κ2) is 13.0. The highest BCUT2D eigenvalue weighted by molar-refractivity contribution is 5.96. The molecular weight excluding hydrogens is 424 g/mol. The smallest absolute Gasteiger partial charge is 0.336 e. The zero-order valence-corrected chi connectivity index (χ0v) is 20.6. The molecule has 3 aromatic rings. The van der Waals surface area contributed by atoms with Crippen LogP contribution in [0.25, 0.3) is 11.1 Å². The molecule has 0 aliphatic carbocycles. The van der Waals surface area contributed by atoms with Crippen LogP contribution in [0.2, 0.25) is 0 Å². The van der Waals surface area contributed by atoms with Crippen molar-refractivity contribution in [1.29, 1.82) is 0 Å². The average molecular weight is 463 g/mol. The number of aryl methyl sites for hydroxylation is 2. The number of nitrogens with zero attached hydrogens (tertiary/aromatic N) is 2. The van der Waals surface area contributed by atoms with Gasteiger partial charge in [0.05, 0.1) is 12.1 Å². The maximum atomic E-state index is 13.3. The van der Waals surface area contributed by atoms with Crippen molar-refractivity contribution in [1.82, 2.24) is 9.13 Å². The summed E-state index contributed by atoms with van der Waals surface area (Å²) < 4.78 is 3.69. The standard InChI is InChI=1S/C29H38N2O3/c1-3-5-7-12-16-25-22-30(19-13-8-6-4-2)29(34)31(25)21-23-17-18-26(27(20-23)28(32)33)24-14-10-9-11-15-24/h9-11,14-15,17-18,20,22H,3-8,12-13,16,19,21H2,1-2H3,(H,32,33). The molecule has 0 amide bonds. The molecule has 0 saturated carbocycles. The third-order valence-electron chi connectivity index (χ3n) is 6.41. The van der Waals surface area contributed by atoms with E-state index in [4.69, 9.17) is 0 Å². The Kier molecular flexibility index (Phi) is 9.75. The average Bonchev–Trinajstić information content (AvgIpc) is 3.14. The van der Waals surface area contributed by atoms with E-state index in [-0.39, 0.29) is 11.3 Å². The molecule has 0 aliphatic rings. The minimum Gasteiger partial charge on any atom is -0.478 e. The fourth-order valence-electron chi connectivity index (χ4n) is 4.47. The van der Waals surface area contributed by atoms with Crippen LogP contribution < -0.4 is 5.69 Å². The Balaban J connectivity index is 1.88. The van der Waals surface area contributed by atoms with E-state index >= 15 is 0 Å². The number of imidazole rings is 1. The molecule has 0 spiro atoms. The lowest BCUT2D eigenvalue weighted by molar-refractivity contribution is 0.0697. The Hall–Kier alpha value is -3.08. The van der Waals surface area contributed by atoms with Gasteiger partial charge in [-0.3, -0.25) is 9.13 Å². The van der Waals surface area contributed by atoms with Gasteiger partial charge in [-0.25, -0.2) is 9.59 Å². The van der Waals surface area contributed by atoms with Gasteiger partial charge < -0.3 is 5.11 Å². The van der Waals surface area contributed by atoms with Crippen LogP contribution in [0.1, 0.15) is 86.8 Å². The first-order valence-electron chi connectivity index (χ1n) is 12.8. The van der Waals surface area contributed by atoms with Gasteiger partial charge in [0, 0.05) is 18.4 Å². The summed E-state index contributed by atoms with van der Waals surface area (Å²) in [5, 5.41) is 9.87. The van der Waals surface area contributed by atoms with Crippen molar-refractivity contribution in [2.75, 3.05) is 0 Å². The summed E-state index contributed by atoms with van der Waals surface area (Å²) in [6.07, 6.45) is 12.0. The molecule has 0 bridgehead atoms. The third-order valence-corrected chi connectivity index (χ3v) is 6.41. The number of unbranched alkanes of at least 4 members (excludes halogenated alkanes) is 6. The summed E-state index contributed by atoms with van der Waals surface area (Å²) in [6.45, 7) is 5.51. The van der Waals surface area contributed by atoms with E-state index in [0.717, 1.165) is 55.5 Å². The van der Waals surface area contributed by atoms with Crippen LogP contribution in [-0.4, -0.2) is 20.2 Å². The Morgan fingerprint density at radius 1 is 0.882 bits per heavy atom. The number of hydrogen-bond donors (Lipinski definition) is 1. The molecule has 2 aromatic carbocycles. The van der Waals surface area contributed by atoms with Crippen molar-refractivity contribution >= 4 is 5.97 Å². The highest BCUT2D eigenvalue weighted by atomic mass is 16.4. The van der Waals surface area contributed by atoms with Crippen molar-refractivity contribution in [3.63, 3.8) is 0 Å². The van der Waals surface area contributed by atoms with Gasteiger partial charge in [0.25, 0.3) is 0 Å². The second-order valence-electron chi connectivity index (χ2n) is 9.10. The van der Waals surface area contributed by atoms with Crippen LogP contribution in [0, 0.1) is 0 Å². The van der Waals surface area contributed by atoms with Crippen molar-refractivity contribution in [2.45, 2.75) is 84.7 Å². The molecule has 1 heterocycles. The van der Waals surface area contributed by atoms with Crippen LogP contribution in [0.3, 0.4) is 0 Å². The van der Waals surface area contributed by atoms with E-state index in [1.165, 1.54) is 25.7 Å². The fourth-order valence-corrected chi connectivity index (χ4v) is 4.47. The quantitative estimate of drug-likeness (QED) is 0.269. The number of hydrogen-bond acceptors (Lipinski definition) is 2. The number of carboxylic acids is 1. The molecule has 5 heteroatoms. The van der Waals surface area contributed by atoms with E-state index in [0.29, 0.717) is 12.1 Å². The molecule has 0 fully saturated rings. The van der Waals surface area contributed by atoms with Gasteiger partial charge in [0.15, 0.2) is 0 Å². The van der Waals surface area contributed by atoms with Crippen molar-refractivity contribution in [3.8, 4) is 11.1 Å². The molecule has 34 heavy (non-hydrogen) atoms. The lowest BCUT2D eigenvalue weighted by Gasteiger charge is -2.11. The van der Waals surface area contributed by atoms with Crippen LogP contribution in [-0.2, 0) is 19.5 Å². The molecule has 0 aliphatic heterocycles. The monoisotopic (exact) mass is 462 g/mol.